The van der Waals surface area contributed by atoms with Gasteiger partial charge in [-0.3, -0.25) is 4.90 Å². The van der Waals surface area contributed by atoms with Crippen LogP contribution in [0.25, 0.3) is 25.6 Å². The number of hydrogen-bond donors (Lipinski definition) is 1. The topological polar surface area (TPSA) is 120 Å². The van der Waals surface area contributed by atoms with Crippen LogP contribution in [0.15, 0.2) is 107 Å². The molecule has 8 aromatic rings. The fourth-order valence-corrected chi connectivity index (χ4v) is 8.42. The van der Waals surface area contributed by atoms with Gasteiger partial charge >= 0.3 is 0 Å². The van der Waals surface area contributed by atoms with E-state index < -0.39 is 5.41 Å². The highest BCUT2D eigenvalue weighted by Gasteiger charge is 2.29. The largest absolute Gasteiger partial charge is 0.338 e. The van der Waals surface area contributed by atoms with Crippen molar-refractivity contribution in [2.45, 2.75) is 53.9 Å². The summed E-state index contributed by atoms with van der Waals surface area (Å²) in [4.78, 5) is 17.4. The summed E-state index contributed by atoms with van der Waals surface area (Å²) in [6.45, 7) is 14.3. The Bertz CT molecular complexity index is 2730. The van der Waals surface area contributed by atoms with E-state index in [2.05, 4.69) is 67.4 Å². The first-order valence-electron chi connectivity index (χ1n) is 17.9. The molecule has 0 spiro atoms. The predicted molar refractivity (Wildman–Crippen MR) is 225 cm³/mol. The number of nitrogens with one attached hydrogen (secondary N) is 1. The number of fused-ring (bicyclic) bond motifs is 2. The van der Waals surface area contributed by atoms with E-state index in [1.165, 1.54) is 11.3 Å². The molecule has 0 aliphatic rings. The third-order valence-corrected chi connectivity index (χ3v) is 11.4. The first-order valence-corrected chi connectivity index (χ1v) is 19.5. The number of aromatic nitrogens is 5. The van der Waals surface area contributed by atoms with E-state index in [0.29, 0.717) is 39.5 Å². The van der Waals surface area contributed by atoms with Gasteiger partial charge in [-0.25, -0.2) is 15.0 Å². The normalized spacial score (nSPS) is 11.8. The van der Waals surface area contributed by atoms with Gasteiger partial charge in [0.05, 0.1) is 31.8 Å². The van der Waals surface area contributed by atoms with Crippen LogP contribution in [0.2, 0.25) is 0 Å². The summed E-state index contributed by atoms with van der Waals surface area (Å²) >= 11 is 3.10. The van der Waals surface area contributed by atoms with Crippen molar-refractivity contribution >= 4 is 82.8 Å². The lowest BCUT2D eigenvalue weighted by Gasteiger charge is -2.25. The monoisotopic (exact) mass is 758 g/mol. The molecule has 0 unspecified atom stereocenters. The van der Waals surface area contributed by atoms with Crippen molar-refractivity contribution in [2.75, 3.05) is 10.2 Å². The van der Waals surface area contributed by atoms with Crippen LogP contribution < -0.4 is 10.2 Å². The SMILES string of the molecule is Cc1ccccc1N(c1cc(C)c(N=Nc2c(C#N)c(C(C)(C)C)nn2-c2nc3ccccc3s2)c(Nc2c(C)cccc2C)n1)c1nc2ccccc2s1. The molecule has 0 fully saturated rings. The lowest BCUT2D eigenvalue weighted by Crippen LogP contribution is -2.14. The minimum atomic E-state index is -0.439. The lowest BCUT2D eigenvalue weighted by molar-refractivity contribution is 0.559. The molecule has 10 nitrogen and oxygen atoms in total. The predicted octanol–water partition coefficient (Wildman–Crippen LogP) is 12.5. The molecule has 0 radical (unpaired) electrons. The van der Waals surface area contributed by atoms with E-state index in [0.717, 1.165) is 59.2 Å². The lowest BCUT2D eigenvalue weighted by atomic mass is 9.90. The number of thiazole rings is 2. The molecule has 4 aromatic heterocycles. The molecule has 0 saturated heterocycles. The first-order chi connectivity index (χ1) is 26.5. The summed E-state index contributed by atoms with van der Waals surface area (Å²) in [5, 5.41) is 30.3. The van der Waals surface area contributed by atoms with Gasteiger partial charge < -0.3 is 5.32 Å². The molecule has 55 heavy (non-hydrogen) atoms. The number of nitriles is 1. The van der Waals surface area contributed by atoms with Gasteiger partial charge in [-0.05, 0) is 86.3 Å². The molecule has 1 N–H and O–H groups in total. The van der Waals surface area contributed by atoms with Crippen LogP contribution >= 0.6 is 22.7 Å². The molecule has 0 aliphatic heterocycles. The highest BCUT2D eigenvalue weighted by atomic mass is 32.1. The second kappa shape index (κ2) is 14.2. The maximum absolute atomic E-state index is 10.6. The number of azo groups is 1. The summed E-state index contributed by atoms with van der Waals surface area (Å²) in [5.41, 5.74) is 8.74. The summed E-state index contributed by atoms with van der Waals surface area (Å²) in [7, 11) is 0. The van der Waals surface area contributed by atoms with Gasteiger partial charge in [-0.1, -0.05) is 104 Å². The minimum Gasteiger partial charge on any atom is -0.338 e. The quantitative estimate of drug-likeness (QED) is 0.153. The molecule has 4 heterocycles. The molecule has 272 valence electrons. The Labute approximate surface area is 327 Å². The number of aryl methyl sites for hydroxylation is 4. The smallest absolute Gasteiger partial charge is 0.213 e. The number of pyridine rings is 1. The molecule has 12 heteroatoms. The Balaban J connectivity index is 1.34. The van der Waals surface area contributed by atoms with Crippen LogP contribution in [-0.4, -0.2) is 24.7 Å². The van der Waals surface area contributed by atoms with E-state index in [1.807, 2.05) is 94.4 Å². The van der Waals surface area contributed by atoms with Gasteiger partial charge in [0.1, 0.15) is 23.1 Å². The molecule has 0 bridgehead atoms. The van der Waals surface area contributed by atoms with Crippen LogP contribution in [-0.2, 0) is 5.41 Å². The Morgan fingerprint density at radius 2 is 1.36 bits per heavy atom. The van der Waals surface area contributed by atoms with Gasteiger partial charge in [0.15, 0.2) is 16.8 Å². The van der Waals surface area contributed by atoms with Crippen LogP contribution in [0.3, 0.4) is 0 Å². The Kier molecular flexibility index (Phi) is 9.20. The van der Waals surface area contributed by atoms with Gasteiger partial charge in [-0.15, -0.1) is 10.2 Å². The van der Waals surface area contributed by atoms with Crippen molar-refractivity contribution in [1.29, 1.82) is 5.26 Å². The number of para-hydroxylation sites is 4. The second-order valence-corrected chi connectivity index (χ2v) is 16.5. The van der Waals surface area contributed by atoms with Crippen LogP contribution in [0.5, 0.6) is 0 Å². The summed E-state index contributed by atoms with van der Waals surface area (Å²) in [6, 6.07) is 34.9. The maximum Gasteiger partial charge on any atom is 0.213 e. The maximum atomic E-state index is 10.6. The number of nitrogens with zero attached hydrogens (tertiary/aromatic N) is 9. The van der Waals surface area contributed by atoms with Crippen LogP contribution in [0.1, 0.15) is 54.3 Å². The van der Waals surface area contributed by atoms with Gasteiger partial charge in [0.2, 0.25) is 5.13 Å². The third-order valence-electron chi connectivity index (χ3n) is 9.35. The van der Waals surface area contributed by atoms with Crippen molar-refractivity contribution in [3.05, 3.63) is 131 Å². The Hall–Kier alpha value is -6.29. The number of anilines is 5. The van der Waals surface area contributed by atoms with Gasteiger partial charge in [0.25, 0.3) is 0 Å². The number of benzene rings is 4. The molecular formula is C43H38N10S2. The van der Waals surface area contributed by atoms with Gasteiger partial charge in [-0.2, -0.15) is 15.0 Å². The van der Waals surface area contributed by atoms with Crippen molar-refractivity contribution < 1.29 is 0 Å². The van der Waals surface area contributed by atoms with E-state index in [9.17, 15) is 5.26 Å². The Morgan fingerprint density at radius 3 is 2.02 bits per heavy atom. The average molecular weight is 759 g/mol. The van der Waals surface area contributed by atoms with E-state index >= 15 is 0 Å². The molecule has 0 amide bonds. The summed E-state index contributed by atoms with van der Waals surface area (Å²) in [5.74, 6) is 1.49. The van der Waals surface area contributed by atoms with E-state index in [1.54, 1.807) is 16.0 Å². The van der Waals surface area contributed by atoms with E-state index in [4.69, 9.17) is 30.3 Å². The molecule has 8 rings (SSSR count). The molecule has 0 atom stereocenters. The van der Waals surface area contributed by atoms with Crippen LogP contribution in [0.4, 0.5) is 39.6 Å². The van der Waals surface area contributed by atoms with Crippen molar-refractivity contribution in [1.82, 2.24) is 24.7 Å². The zero-order chi connectivity index (χ0) is 38.4. The third kappa shape index (κ3) is 6.73. The van der Waals surface area contributed by atoms with Gasteiger partial charge in [0, 0.05) is 11.1 Å². The summed E-state index contributed by atoms with van der Waals surface area (Å²) < 4.78 is 3.74. The molecular weight excluding hydrogens is 721 g/mol. The Morgan fingerprint density at radius 1 is 0.727 bits per heavy atom. The fourth-order valence-electron chi connectivity index (χ4n) is 6.51. The summed E-state index contributed by atoms with van der Waals surface area (Å²) in [6.07, 6.45) is 0. The molecule has 0 saturated carbocycles. The first kappa shape index (κ1) is 35.7. The average Bonchev–Trinajstić information content (AvgIpc) is 3.88. The standard InChI is InChI=1S/C43H38N10S2/c1-25-15-8-11-20-32(25)52(41-45-30-18-9-12-21-33(30)54-41)35-23-28(4)37(39(47-35)48-36-26(2)16-14-17-27(36)3)49-50-40-29(24-44)38(43(5,6)7)51-53(40)42-46-31-19-10-13-22-34(31)55-42/h8-23H,1-7H3,(H,47,48). The fraction of sp³-hybridized carbons (Fsp3) is 0.186. The zero-order valence-corrected chi connectivity index (χ0v) is 33.2. The molecule has 4 aromatic carbocycles. The zero-order valence-electron chi connectivity index (χ0n) is 31.6. The van der Waals surface area contributed by atoms with E-state index in [-0.39, 0.29) is 0 Å². The minimum absolute atomic E-state index is 0.309. The number of rotatable bonds is 8. The number of hydrogen-bond acceptors (Lipinski definition) is 11. The highest BCUT2D eigenvalue weighted by molar-refractivity contribution is 7.22. The molecule has 0 aliphatic carbocycles. The van der Waals surface area contributed by atoms with Crippen LogP contribution in [0, 0.1) is 39.0 Å². The van der Waals surface area contributed by atoms with Crippen molar-refractivity contribution in [3.8, 4) is 11.2 Å². The van der Waals surface area contributed by atoms with Crippen molar-refractivity contribution in [3.63, 3.8) is 0 Å². The highest BCUT2D eigenvalue weighted by Crippen LogP contribution is 2.44. The van der Waals surface area contributed by atoms with Crippen molar-refractivity contribution in [2.24, 2.45) is 10.2 Å². The second-order valence-electron chi connectivity index (χ2n) is 14.5.